The fourth-order valence-corrected chi connectivity index (χ4v) is 2.89. The molecule has 1 fully saturated rings. The number of nitrogens with two attached hydrogens (primary N) is 1. The molecule has 25 heavy (non-hydrogen) atoms. The summed E-state index contributed by atoms with van der Waals surface area (Å²) in [6.45, 7) is -0.00479. The number of aryl methyl sites for hydroxylation is 1. The van der Waals surface area contributed by atoms with Crippen molar-refractivity contribution in [2.24, 2.45) is 10.9 Å². The molecule has 10 heteroatoms. The third-order valence-corrected chi connectivity index (χ3v) is 4.54. The van der Waals surface area contributed by atoms with Gasteiger partial charge in [-0.2, -0.15) is 18.3 Å². The van der Waals surface area contributed by atoms with Gasteiger partial charge < -0.3 is 10.6 Å². The minimum Gasteiger partial charge on any atom is -0.380 e. The SMILES string of the molecule is N/C(=N\OC(=O)CCn1nc(C(F)(F)F)cc1C1CC1)c1cccs1. The molecule has 0 bridgehead atoms. The lowest BCUT2D eigenvalue weighted by Gasteiger charge is -2.05. The molecule has 0 unspecified atom stereocenters. The van der Waals surface area contributed by atoms with E-state index < -0.39 is 17.8 Å². The number of hydrogen-bond donors (Lipinski definition) is 1. The zero-order chi connectivity index (χ0) is 18.0. The number of thiophene rings is 1. The Kier molecular flexibility index (Phi) is 4.80. The molecule has 1 saturated carbocycles. The zero-order valence-electron chi connectivity index (χ0n) is 13.0. The smallest absolute Gasteiger partial charge is 0.380 e. The number of halogens is 3. The maximum atomic E-state index is 12.8. The molecule has 0 spiro atoms. The molecule has 0 aliphatic heterocycles. The topological polar surface area (TPSA) is 82.5 Å². The van der Waals surface area contributed by atoms with Crippen LogP contribution < -0.4 is 5.73 Å². The van der Waals surface area contributed by atoms with Crippen LogP contribution in [0, 0.1) is 0 Å². The lowest BCUT2D eigenvalue weighted by atomic mass is 10.2. The molecule has 0 saturated heterocycles. The van der Waals surface area contributed by atoms with Gasteiger partial charge in [0.15, 0.2) is 11.5 Å². The summed E-state index contributed by atoms with van der Waals surface area (Å²) in [5.74, 6) is -0.544. The first-order valence-electron chi connectivity index (χ1n) is 7.56. The Morgan fingerprint density at radius 2 is 2.24 bits per heavy atom. The standard InChI is InChI=1S/C15H15F3N4O2S/c16-15(17,18)12-8-10(9-3-4-9)22(20-12)6-5-13(23)24-21-14(19)11-2-1-7-25-11/h1-2,7-9H,3-6H2,(H2,19,21). The minimum atomic E-state index is -4.51. The molecule has 134 valence electrons. The summed E-state index contributed by atoms with van der Waals surface area (Å²) >= 11 is 1.34. The van der Waals surface area contributed by atoms with Crippen molar-refractivity contribution in [3.63, 3.8) is 0 Å². The summed E-state index contributed by atoms with van der Waals surface area (Å²) in [6, 6.07) is 4.55. The molecule has 0 aromatic carbocycles. The Balaban J connectivity index is 1.60. The molecule has 0 atom stereocenters. The van der Waals surface area contributed by atoms with Crippen LogP contribution >= 0.6 is 11.3 Å². The highest BCUT2D eigenvalue weighted by atomic mass is 32.1. The van der Waals surface area contributed by atoms with Crippen LogP contribution in [0.2, 0.25) is 0 Å². The number of amidine groups is 1. The van der Waals surface area contributed by atoms with Crippen molar-refractivity contribution in [2.45, 2.75) is 37.9 Å². The van der Waals surface area contributed by atoms with Crippen LogP contribution in [0.25, 0.3) is 0 Å². The molecule has 2 aromatic heterocycles. The maximum absolute atomic E-state index is 12.8. The number of aromatic nitrogens is 2. The fourth-order valence-electron chi connectivity index (χ4n) is 2.27. The molecule has 1 aliphatic rings. The summed E-state index contributed by atoms with van der Waals surface area (Å²) in [7, 11) is 0. The van der Waals surface area contributed by atoms with Gasteiger partial charge in [0.25, 0.3) is 0 Å². The van der Waals surface area contributed by atoms with Crippen LogP contribution in [0.1, 0.15) is 41.4 Å². The van der Waals surface area contributed by atoms with E-state index in [1.165, 1.54) is 16.0 Å². The van der Waals surface area contributed by atoms with Crippen molar-refractivity contribution in [1.82, 2.24) is 9.78 Å². The van der Waals surface area contributed by atoms with E-state index in [1.54, 1.807) is 17.5 Å². The molecule has 2 N–H and O–H groups in total. The van der Waals surface area contributed by atoms with E-state index in [0.29, 0.717) is 10.6 Å². The second-order valence-electron chi connectivity index (χ2n) is 5.62. The predicted molar refractivity (Wildman–Crippen MR) is 85.0 cm³/mol. The van der Waals surface area contributed by atoms with E-state index in [0.717, 1.165) is 18.9 Å². The van der Waals surface area contributed by atoms with E-state index in [-0.39, 0.29) is 24.7 Å². The Hall–Kier alpha value is -2.36. The van der Waals surface area contributed by atoms with Crippen molar-refractivity contribution >= 4 is 23.1 Å². The third-order valence-electron chi connectivity index (χ3n) is 3.64. The third kappa shape index (κ3) is 4.38. The van der Waals surface area contributed by atoms with Crippen LogP contribution in [-0.4, -0.2) is 21.6 Å². The highest BCUT2D eigenvalue weighted by Crippen LogP contribution is 2.42. The van der Waals surface area contributed by atoms with E-state index >= 15 is 0 Å². The molecule has 2 aromatic rings. The predicted octanol–water partition coefficient (Wildman–Crippen LogP) is 3.09. The molecule has 1 aliphatic carbocycles. The van der Waals surface area contributed by atoms with Gasteiger partial charge in [0, 0.05) is 11.6 Å². The average Bonchev–Trinajstić information content (AvgIpc) is 3.09. The number of carbonyl (C=O) groups is 1. The molecule has 6 nitrogen and oxygen atoms in total. The molecule has 2 heterocycles. The Labute approximate surface area is 145 Å². The van der Waals surface area contributed by atoms with E-state index in [4.69, 9.17) is 10.6 Å². The highest BCUT2D eigenvalue weighted by Gasteiger charge is 2.37. The monoisotopic (exact) mass is 372 g/mol. The highest BCUT2D eigenvalue weighted by molar-refractivity contribution is 7.12. The first-order valence-corrected chi connectivity index (χ1v) is 8.44. The normalized spacial score (nSPS) is 15.4. The van der Waals surface area contributed by atoms with Crippen molar-refractivity contribution < 1.29 is 22.8 Å². The number of nitrogens with zero attached hydrogens (tertiary/aromatic N) is 3. The molecular formula is C15H15F3N4O2S. The Morgan fingerprint density at radius 3 is 2.84 bits per heavy atom. The number of hydrogen-bond acceptors (Lipinski definition) is 5. The number of rotatable bonds is 6. The summed E-state index contributed by atoms with van der Waals surface area (Å²) in [5.41, 5.74) is 5.22. The van der Waals surface area contributed by atoms with Crippen molar-refractivity contribution in [3.8, 4) is 0 Å². The van der Waals surface area contributed by atoms with Crippen LogP contribution in [-0.2, 0) is 22.4 Å². The number of carbonyl (C=O) groups excluding carboxylic acids is 1. The van der Waals surface area contributed by atoms with Crippen LogP contribution in [0.4, 0.5) is 13.2 Å². The van der Waals surface area contributed by atoms with Gasteiger partial charge in [-0.05, 0) is 30.4 Å². The quantitative estimate of drug-likeness (QED) is 0.366. The second kappa shape index (κ2) is 6.87. The van der Waals surface area contributed by atoms with Gasteiger partial charge in [-0.25, -0.2) is 4.79 Å². The minimum absolute atomic E-state index is 0.00479. The van der Waals surface area contributed by atoms with Crippen molar-refractivity contribution in [2.75, 3.05) is 0 Å². The fraction of sp³-hybridized carbons (Fsp3) is 0.400. The van der Waals surface area contributed by atoms with Gasteiger partial charge in [0.2, 0.25) is 0 Å². The lowest BCUT2D eigenvalue weighted by molar-refractivity contribution is -0.144. The van der Waals surface area contributed by atoms with Crippen LogP contribution in [0.15, 0.2) is 28.7 Å². The summed E-state index contributed by atoms with van der Waals surface area (Å²) < 4.78 is 39.7. The molecule has 0 radical (unpaired) electrons. The second-order valence-corrected chi connectivity index (χ2v) is 6.56. The largest absolute Gasteiger partial charge is 0.435 e. The van der Waals surface area contributed by atoms with E-state index in [1.807, 2.05) is 0 Å². The van der Waals surface area contributed by atoms with Gasteiger partial charge in [-0.3, -0.25) is 4.68 Å². The Morgan fingerprint density at radius 1 is 1.48 bits per heavy atom. The number of oxime groups is 1. The average molecular weight is 372 g/mol. The van der Waals surface area contributed by atoms with Crippen molar-refractivity contribution in [3.05, 3.63) is 39.8 Å². The summed E-state index contributed by atoms with van der Waals surface area (Å²) in [5, 5.41) is 8.91. The van der Waals surface area contributed by atoms with Gasteiger partial charge in [0.05, 0.1) is 17.8 Å². The lowest BCUT2D eigenvalue weighted by Crippen LogP contribution is -2.15. The first-order chi connectivity index (χ1) is 11.8. The maximum Gasteiger partial charge on any atom is 0.435 e. The zero-order valence-corrected chi connectivity index (χ0v) is 13.8. The molecule has 0 amide bonds. The summed E-state index contributed by atoms with van der Waals surface area (Å²) in [4.78, 5) is 17.1. The van der Waals surface area contributed by atoms with Crippen LogP contribution in [0.3, 0.4) is 0 Å². The Bertz CT molecular complexity index is 779. The van der Waals surface area contributed by atoms with Crippen molar-refractivity contribution in [1.29, 1.82) is 0 Å². The van der Waals surface area contributed by atoms with Gasteiger partial charge in [-0.15, -0.1) is 11.3 Å². The van der Waals surface area contributed by atoms with E-state index in [2.05, 4.69) is 10.3 Å². The van der Waals surface area contributed by atoms with Crippen LogP contribution in [0.5, 0.6) is 0 Å². The van der Waals surface area contributed by atoms with Gasteiger partial charge in [-0.1, -0.05) is 11.2 Å². The van der Waals surface area contributed by atoms with E-state index in [9.17, 15) is 18.0 Å². The van der Waals surface area contributed by atoms with Gasteiger partial charge in [0.1, 0.15) is 0 Å². The number of alkyl halides is 3. The van der Waals surface area contributed by atoms with Gasteiger partial charge >= 0.3 is 12.1 Å². The molecule has 3 rings (SSSR count). The summed E-state index contributed by atoms with van der Waals surface area (Å²) in [6.07, 6.45) is -3.00. The molecular weight excluding hydrogens is 357 g/mol. The first kappa shape index (κ1) is 17.5.